The van der Waals surface area contributed by atoms with Gasteiger partial charge in [0.25, 0.3) is 0 Å². The number of carbonyl (C=O) groups is 1. The van der Waals surface area contributed by atoms with Crippen molar-refractivity contribution in [3.05, 3.63) is 48.0 Å². The number of carbonyl (C=O) groups excluding carboxylic acids is 1. The van der Waals surface area contributed by atoms with Crippen LogP contribution in [0.4, 0.5) is 0 Å². The van der Waals surface area contributed by atoms with Gasteiger partial charge in [0.05, 0.1) is 12.7 Å². The summed E-state index contributed by atoms with van der Waals surface area (Å²) in [4.78, 5) is 11.1. The lowest BCUT2D eigenvalue weighted by atomic mass is 10.1. The molecule has 0 spiro atoms. The van der Waals surface area contributed by atoms with Crippen molar-refractivity contribution in [1.82, 2.24) is 0 Å². The van der Waals surface area contributed by atoms with E-state index in [1.54, 1.807) is 18.2 Å². The van der Waals surface area contributed by atoms with Gasteiger partial charge in [0.15, 0.2) is 0 Å². The molecule has 0 saturated heterocycles. The molecule has 0 aliphatic heterocycles. The average molecular weight is 161 g/mol. The lowest BCUT2D eigenvalue weighted by Crippen LogP contribution is -2.03. The molecule has 0 heterocycles. The van der Waals surface area contributed by atoms with E-state index >= 15 is 0 Å². The highest BCUT2D eigenvalue weighted by Gasteiger charge is 2.07. The Labute approximate surface area is 71.5 Å². The van der Waals surface area contributed by atoms with Crippen LogP contribution in [-0.4, -0.2) is 13.1 Å². The monoisotopic (exact) mass is 161 g/mol. The molecule has 0 N–H and O–H groups in total. The fraction of sp³-hybridized carbons (Fsp3) is 0.100. The molecule has 0 aliphatic carbocycles. The Morgan fingerprint density at radius 1 is 1.50 bits per heavy atom. The summed E-state index contributed by atoms with van der Waals surface area (Å²) < 4.78 is 4.57. The van der Waals surface area contributed by atoms with Crippen molar-refractivity contribution in [2.45, 2.75) is 0 Å². The van der Waals surface area contributed by atoms with Crippen LogP contribution >= 0.6 is 0 Å². The van der Waals surface area contributed by atoms with Gasteiger partial charge in [0.2, 0.25) is 0 Å². The van der Waals surface area contributed by atoms with Gasteiger partial charge in [-0.05, 0) is 17.7 Å². The van der Waals surface area contributed by atoms with E-state index in [1.807, 2.05) is 6.07 Å². The van der Waals surface area contributed by atoms with E-state index in [0.29, 0.717) is 11.1 Å². The number of hydrogen-bond donors (Lipinski definition) is 0. The Morgan fingerprint density at radius 2 is 2.17 bits per heavy atom. The van der Waals surface area contributed by atoms with Gasteiger partial charge in [-0.25, -0.2) is 4.79 Å². The molecule has 1 rings (SSSR count). The molecule has 0 amide bonds. The van der Waals surface area contributed by atoms with Crippen LogP contribution < -0.4 is 0 Å². The highest BCUT2D eigenvalue weighted by molar-refractivity contribution is 5.91. The summed E-state index contributed by atoms with van der Waals surface area (Å²) in [5.41, 5.74) is 1.17. The van der Waals surface area contributed by atoms with Gasteiger partial charge < -0.3 is 4.74 Å². The Kier molecular flexibility index (Phi) is 2.64. The quantitative estimate of drug-likeness (QED) is 0.618. The van der Waals surface area contributed by atoms with Gasteiger partial charge in [-0.2, -0.15) is 0 Å². The van der Waals surface area contributed by atoms with Gasteiger partial charge >= 0.3 is 5.97 Å². The Hall–Kier alpha value is -1.57. The highest BCUT2D eigenvalue weighted by atomic mass is 16.5. The minimum absolute atomic E-state index is 0.359. The van der Waals surface area contributed by atoms with Gasteiger partial charge in [0, 0.05) is 0 Å². The van der Waals surface area contributed by atoms with Crippen LogP contribution in [0.3, 0.4) is 0 Å². The Morgan fingerprint density at radius 3 is 2.75 bits per heavy atom. The van der Waals surface area contributed by atoms with E-state index in [1.165, 1.54) is 7.11 Å². The summed E-state index contributed by atoms with van der Waals surface area (Å²) >= 11 is 0. The third-order valence-corrected chi connectivity index (χ3v) is 1.52. The summed E-state index contributed by atoms with van der Waals surface area (Å²) in [6, 6.07) is 7.03. The van der Waals surface area contributed by atoms with E-state index in [4.69, 9.17) is 0 Å². The largest absolute Gasteiger partial charge is 0.465 e. The van der Waals surface area contributed by atoms with Crippen LogP contribution in [0.2, 0.25) is 0 Å². The molecule has 1 radical (unpaired) electrons. The smallest absolute Gasteiger partial charge is 0.338 e. The summed E-state index contributed by atoms with van der Waals surface area (Å²) in [5, 5.41) is 0. The maximum absolute atomic E-state index is 11.1. The second-order valence-corrected chi connectivity index (χ2v) is 2.21. The third-order valence-electron chi connectivity index (χ3n) is 1.52. The molecule has 0 bridgehead atoms. The summed E-state index contributed by atoms with van der Waals surface area (Å²) in [5.74, 6) is -0.359. The van der Waals surface area contributed by atoms with Gasteiger partial charge in [-0.1, -0.05) is 24.8 Å². The maximum Gasteiger partial charge on any atom is 0.338 e. The van der Waals surface area contributed by atoms with Crippen LogP contribution in [0, 0.1) is 6.08 Å². The van der Waals surface area contributed by atoms with E-state index in [-0.39, 0.29) is 5.97 Å². The van der Waals surface area contributed by atoms with Crippen LogP contribution in [0.1, 0.15) is 15.9 Å². The first-order valence-corrected chi connectivity index (χ1v) is 3.50. The topological polar surface area (TPSA) is 26.3 Å². The van der Waals surface area contributed by atoms with Gasteiger partial charge in [0.1, 0.15) is 0 Å². The molecule has 0 saturated carbocycles. The first kappa shape index (κ1) is 8.53. The molecule has 0 fully saturated rings. The van der Waals surface area contributed by atoms with Crippen molar-refractivity contribution >= 4 is 5.97 Å². The van der Waals surface area contributed by atoms with E-state index in [0.717, 1.165) is 0 Å². The molecule has 1 aromatic rings. The Balaban J connectivity index is 3.13. The third kappa shape index (κ3) is 1.53. The summed E-state index contributed by atoms with van der Waals surface area (Å²) in [6.07, 6.45) is 2.66. The zero-order valence-electron chi connectivity index (χ0n) is 6.83. The molecular weight excluding hydrogens is 152 g/mol. The fourth-order valence-electron chi connectivity index (χ4n) is 0.925. The van der Waals surface area contributed by atoms with E-state index in [2.05, 4.69) is 17.4 Å². The predicted molar refractivity (Wildman–Crippen MR) is 45.8 cm³/mol. The van der Waals surface area contributed by atoms with Crippen LogP contribution in [0.25, 0.3) is 0 Å². The number of ether oxygens (including phenoxy) is 1. The first-order chi connectivity index (χ1) is 5.79. The normalized spacial score (nSPS) is 9.08. The molecule has 0 aromatic heterocycles. The second kappa shape index (κ2) is 3.72. The minimum atomic E-state index is -0.359. The van der Waals surface area contributed by atoms with Crippen molar-refractivity contribution in [2.75, 3.05) is 7.11 Å². The number of rotatable bonds is 2. The standard InChI is InChI=1S/C10H9O2/c1-3-8-6-4-5-7-9(8)10(11)12-2/h4-7H,1H2,2H3. The molecule has 12 heavy (non-hydrogen) atoms. The first-order valence-electron chi connectivity index (χ1n) is 3.50. The van der Waals surface area contributed by atoms with Crippen molar-refractivity contribution in [3.8, 4) is 0 Å². The van der Waals surface area contributed by atoms with Crippen LogP contribution in [0.15, 0.2) is 30.8 Å². The zero-order chi connectivity index (χ0) is 8.97. The summed E-state index contributed by atoms with van der Waals surface area (Å²) in [6.45, 7) is 3.48. The predicted octanol–water partition coefficient (Wildman–Crippen LogP) is 1.81. The molecule has 0 atom stereocenters. The molecule has 0 aliphatic rings. The average Bonchev–Trinajstić information content (AvgIpc) is 2.16. The SMILES string of the molecule is C=[C]c1ccccc1C(=O)OC. The second-order valence-electron chi connectivity index (χ2n) is 2.21. The number of esters is 1. The van der Waals surface area contributed by atoms with Gasteiger partial charge in [-0.3, -0.25) is 0 Å². The van der Waals surface area contributed by atoms with Gasteiger partial charge in [-0.15, -0.1) is 0 Å². The molecule has 0 unspecified atom stereocenters. The number of methoxy groups -OCH3 is 1. The van der Waals surface area contributed by atoms with E-state index in [9.17, 15) is 4.79 Å². The number of benzene rings is 1. The lowest BCUT2D eigenvalue weighted by Gasteiger charge is -2.01. The molecule has 2 nitrogen and oxygen atoms in total. The zero-order valence-corrected chi connectivity index (χ0v) is 6.83. The fourth-order valence-corrected chi connectivity index (χ4v) is 0.925. The molecule has 1 aromatic carbocycles. The molecule has 61 valence electrons. The summed E-state index contributed by atoms with van der Waals surface area (Å²) in [7, 11) is 1.35. The molecule has 2 heteroatoms. The minimum Gasteiger partial charge on any atom is -0.465 e. The maximum atomic E-state index is 11.1. The lowest BCUT2D eigenvalue weighted by molar-refractivity contribution is 0.0600. The highest BCUT2D eigenvalue weighted by Crippen LogP contribution is 2.08. The molecular formula is C10H9O2. The van der Waals surface area contributed by atoms with E-state index < -0.39 is 0 Å². The van der Waals surface area contributed by atoms with Crippen molar-refractivity contribution < 1.29 is 9.53 Å². The van der Waals surface area contributed by atoms with Crippen LogP contribution in [-0.2, 0) is 4.74 Å². The van der Waals surface area contributed by atoms with Crippen molar-refractivity contribution in [3.63, 3.8) is 0 Å². The van der Waals surface area contributed by atoms with Crippen LogP contribution in [0.5, 0.6) is 0 Å². The van der Waals surface area contributed by atoms with Crippen molar-refractivity contribution in [1.29, 1.82) is 0 Å². The number of hydrogen-bond acceptors (Lipinski definition) is 2. The Bertz CT molecular complexity index is 302. The van der Waals surface area contributed by atoms with Crippen molar-refractivity contribution in [2.24, 2.45) is 0 Å².